The van der Waals surface area contributed by atoms with Crippen molar-refractivity contribution in [3.63, 3.8) is 0 Å². The number of rotatable bonds is 5. The number of morpholine rings is 1. The minimum Gasteiger partial charge on any atom is -0.378 e. The monoisotopic (exact) mass is 262 g/mol. The molecule has 0 saturated carbocycles. The van der Waals surface area contributed by atoms with E-state index in [2.05, 4.69) is 48.3 Å². The predicted octanol–water partition coefficient (Wildman–Crippen LogP) is 2.23. The Morgan fingerprint density at radius 2 is 2.05 bits per heavy atom. The Morgan fingerprint density at radius 1 is 1.32 bits per heavy atom. The lowest BCUT2D eigenvalue weighted by Crippen LogP contribution is -2.49. The zero-order valence-electron chi connectivity index (χ0n) is 12.4. The molecule has 1 N–H and O–H groups in total. The van der Waals surface area contributed by atoms with Crippen molar-refractivity contribution in [3.05, 3.63) is 35.4 Å². The third-order valence-electron chi connectivity index (χ3n) is 3.82. The van der Waals surface area contributed by atoms with E-state index in [0.717, 1.165) is 32.8 Å². The van der Waals surface area contributed by atoms with Gasteiger partial charge in [0.2, 0.25) is 0 Å². The molecule has 1 aliphatic heterocycles. The average molecular weight is 262 g/mol. The predicted molar refractivity (Wildman–Crippen MR) is 79.5 cm³/mol. The van der Waals surface area contributed by atoms with Gasteiger partial charge in [0, 0.05) is 25.7 Å². The molecule has 0 radical (unpaired) electrons. The molecule has 1 atom stereocenters. The Hall–Kier alpha value is -0.900. The molecule has 1 aromatic carbocycles. The van der Waals surface area contributed by atoms with Crippen LogP contribution in [0, 0.1) is 0 Å². The SMILES string of the molecule is CNCC1COCCN1Cc1ccc(C(C)C)cc1. The number of hydrogen-bond acceptors (Lipinski definition) is 3. The largest absolute Gasteiger partial charge is 0.378 e. The van der Waals surface area contributed by atoms with E-state index in [1.165, 1.54) is 11.1 Å². The highest BCUT2D eigenvalue weighted by atomic mass is 16.5. The summed E-state index contributed by atoms with van der Waals surface area (Å²) in [5.41, 5.74) is 2.81. The third kappa shape index (κ3) is 4.03. The van der Waals surface area contributed by atoms with E-state index in [4.69, 9.17) is 4.74 Å². The maximum absolute atomic E-state index is 5.57. The summed E-state index contributed by atoms with van der Waals surface area (Å²) < 4.78 is 5.57. The summed E-state index contributed by atoms with van der Waals surface area (Å²) in [5.74, 6) is 0.606. The summed E-state index contributed by atoms with van der Waals surface area (Å²) in [6.07, 6.45) is 0. The second kappa shape index (κ2) is 7.04. The lowest BCUT2D eigenvalue weighted by atomic mass is 10.0. The van der Waals surface area contributed by atoms with Crippen LogP contribution >= 0.6 is 0 Å². The van der Waals surface area contributed by atoms with Crippen LogP contribution in [-0.4, -0.2) is 44.3 Å². The second-order valence-electron chi connectivity index (χ2n) is 5.65. The van der Waals surface area contributed by atoms with Crippen molar-refractivity contribution in [2.75, 3.05) is 33.4 Å². The molecule has 1 saturated heterocycles. The van der Waals surface area contributed by atoms with E-state index >= 15 is 0 Å². The number of benzene rings is 1. The van der Waals surface area contributed by atoms with E-state index in [9.17, 15) is 0 Å². The van der Waals surface area contributed by atoms with Crippen LogP contribution in [0.3, 0.4) is 0 Å². The summed E-state index contributed by atoms with van der Waals surface area (Å²) in [6.45, 7) is 9.20. The molecular weight excluding hydrogens is 236 g/mol. The Morgan fingerprint density at radius 3 is 2.68 bits per heavy atom. The van der Waals surface area contributed by atoms with Gasteiger partial charge in [-0.05, 0) is 24.1 Å². The van der Waals surface area contributed by atoms with Gasteiger partial charge in [0.25, 0.3) is 0 Å². The Kier molecular flexibility index (Phi) is 5.37. The van der Waals surface area contributed by atoms with Crippen LogP contribution in [0.25, 0.3) is 0 Å². The topological polar surface area (TPSA) is 24.5 Å². The maximum atomic E-state index is 5.57. The molecule has 1 fully saturated rings. The van der Waals surface area contributed by atoms with Crippen molar-refractivity contribution in [2.24, 2.45) is 0 Å². The van der Waals surface area contributed by atoms with Crippen LogP contribution in [0.2, 0.25) is 0 Å². The fraction of sp³-hybridized carbons (Fsp3) is 0.625. The molecule has 0 spiro atoms. The quantitative estimate of drug-likeness (QED) is 0.880. The lowest BCUT2D eigenvalue weighted by Gasteiger charge is -2.35. The Labute approximate surface area is 116 Å². The van der Waals surface area contributed by atoms with Gasteiger partial charge in [0.15, 0.2) is 0 Å². The molecule has 19 heavy (non-hydrogen) atoms. The first-order valence-corrected chi connectivity index (χ1v) is 7.26. The molecule has 3 nitrogen and oxygen atoms in total. The van der Waals surface area contributed by atoms with Crippen molar-refractivity contribution >= 4 is 0 Å². The number of hydrogen-bond donors (Lipinski definition) is 1. The highest BCUT2D eigenvalue weighted by Crippen LogP contribution is 2.17. The molecular formula is C16H26N2O. The van der Waals surface area contributed by atoms with E-state index in [-0.39, 0.29) is 0 Å². The van der Waals surface area contributed by atoms with Crippen LogP contribution in [-0.2, 0) is 11.3 Å². The highest BCUT2D eigenvalue weighted by Gasteiger charge is 2.22. The van der Waals surface area contributed by atoms with Gasteiger partial charge in [-0.15, -0.1) is 0 Å². The molecule has 106 valence electrons. The van der Waals surface area contributed by atoms with Crippen LogP contribution in [0.15, 0.2) is 24.3 Å². The fourth-order valence-electron chi connectivity index (χ4n) is 2.56. The van der Waals surface area contributed by atoms with Crippen LogP contribution in [0.1, 0.15) is 30.9 Å². The van der Waals surface area contributed by atoms with Gasteiger partial charge in [-0.2, -0.15) is 0 Å². The third-order valence-corrected chi connectivity index (χ3v) is 3.82. The Bertz CT molecular complexity index is 373. The molecule has 1 aromatic rings. The molecule has 0 bridgehead atoms. The van der Waals surface area contributed by atoms with Gasteiger partial charge < -0.3 is 10.1 Å². The number of ether oxygens (including phenoxy) is 1. The number of nitrogens with zero attached hydrogens (tertiary/aromatic N) is 1. The molecule has 3 heteroatoms. The Balaban J connectivity index is 1.98. The van der Waals surface area contributed by atoms with Crippen molar-refractivity contribution in [1.82, 2.24) is 10.2 Å². The van der Waals surface area contributed by atoms with Gasteiger partial charge in [0.1, 0.15) is 0 Å². The lowest BCUT2D eigenvalue weighted by molar-refractivity contribution is -0.0103. The molecule has 0 aliphatic carbocycles. The minimum atomic E-state index is 0.489. The van der Waals surface area contributed by atoms with Gasteiger partial charge >= 0.3 is 0 Å². The first kappa shape index (κ1) is 14.5. The van der Waals surface area contributed by atoms with Gasteiger partial charge in [-0.25, -0.2) is 0 Å². The van der Waals surface area contributed by atoms with E-state index in [1.54, 1.807) is 0 Å². The van der Waals surface area contributed by atoms with Crippen LogP contribution in [0.5, 0.6) is 0 Å². The zero-order valence-corrected chi connectivity index (χ0v) is 12.4. The number of likely N-dealkylation sites (N-methyl/N-ethyl adjacent to an activating group) is 1. The minimum absolute atomic E-state index is 0.489. The molecule has 0 aromatic heterocycles. The van der Waals surface area contributed by atoms with E-state index in [1.807, 2.05) is 7.05 Å². The maximum Gasteiger partial charge on any atom is 0.0635 e. The normalized spacial score (nSPS) is 20.9. The highest BCUT2D eigenvalue weighted by molar-refractivity contribution is 5.24. The second-order valence-corrected chi connectivity index (χ2v) is 5.65. The standard InChI is InChI=1S/C16H26N2O/c1-13(2)15-6-4-14(5-7-15)11-18-8-9-19-12-16(18)10-17-3/h4-7,13,16-17H,8-12H2,1-3H3. The summed E-state index contributed by atoms with van der Waals surface area (Å²) in [7, 11) is 2.00. The summed E-state index contributed by atoms with van der Waals surface area (Å²) >= 11 is 0. The van der Waals surface area contributed by atoms with Crippen molar-refractivity contribution in [1.29, 1.82) is 0 Å². The zero-order chi connectivity index (χ0) is 13.7. The van der Waals surface area contributed by atoms with Crippen LogP contribution in [0.4, 0.5) is 0 Å². The first-order chi connectivity index (χ1) is 9.20. The molecule has 0 amide bonds. The van der Waals surface area contributed by atoms with Gasteiger partial charge in [-0.3, -0.25) is 4.90 Å². The van der Waals surface area contributed by atoms with Crippen molar-refractivity contribution < 1.29 is 4.74 Å². The smallest absolute Gasteiger partial charge is 0.0635 e. The molecule has 1 heterocycles. The summed E-state index contributed by atoms with van der Waals surface area (Å²) in [5, 5.41) is 3.26. The fourth-order valence-corrected chi connectivity index (χ4v) is 2.56. The van der Waals surface area contributed by atoms with Gasteiger partial charge in [-0.1, -0.05) is 38.1 Å². The summed E-state index contributed by atoms with van der Waals surface area (Å²) in [6, 6.07) is 9.53. The van der Waals surface area contributed by atoms with E-state index < -0.39 is 0 Å². The van der Waals surface area contributed by atoms with Gasteiger partial charge in [0.05, 0.1) is 13.2 Å². The number of nitrogens with one attached hydrogen (secondary N) is 1. The molecule has 1 unspecified atom stereocenters. The van der Waals surface area contributed by atoms with Crippen LogP contribution < -0.4 is 5.32 Å². The van der Waals surface area contributed by atoms with E-state index in [0.29, 0.717) is 12.0 Å². The molecule has 2 rings (SSSR count). The summed E-state index contributed by atoms with van der Waals surface area (Å²) in [4.78, 5) is 2.52. The molecule has 1 aliphatic rings. The average Bonchev–Trinajstić information content (AvgIpc) is 2.42. The van der Waals surface area contributed by atoms with Crippen molar-refractivity contribution in [3.8, 4) is 0 Å². The first-order valence-electron chi connectivity index (χ1n) is 7.26. The van der Waals surface area contributed by atoms with Crippen molar-refractivity contribution in [2.45, 2.75) is 32.4 Å².